The summed E-state index contributed by atoms with van der Waals surface area (Å²) in [5.41, 5.74) is -0.130. The second-order valence-electron chi connectivity index (χ2n) is 5.65. The van der Waals surface area contributed by atoms with E-state index in [1.807, 2.05) is 0 Å². The number of carbonyl (C=O) groups is 2. The van der Waals surface area contributed by atoms with Crippen LogP contribution < -0.4 is 10.6 Å². The van der Waals surface area contributed by atoms with Crippen LogP contribution in [0.3, 0.4) is 0 Å². The third kappa shape index (κ3) is 4.16. The third-order valence-electron chi connectivity index (χ3n) is 3.47. The molecule has 0 aliphatic heterocycles. The molecule has 2 rings (SSSR count). The number of amides is 2. The molecule has 4 nitrogen and oxygen atoms in total. The van der Waals surface area contributed by atoms with E-state index in [1.54, 1.807) is 44.2 Å². The number of benzene rings is 2. The topological polar surface area (TPSA) is 58.2 Å². The molecule has 2 aromatic carbocycles. The molecule has 0 spiro atoms. The van der Waals surface area contributed by atoms with Crippen molar-refractivity contribution in [3.8, 4) is 0 Å². The SMILES string of the molecule is CC(C)[C@@H](NC(=O)c1c(F)cccc1F)C(=O)Nc1ccccc1. The van der Waals surface area contributed by atoms with E-state index in [2.05, 4.69) is 10.6 Å². The van der Waals surface area contributed by atoms with Crippen LogP contribution in [-0.2, 0) is 4.79 Å². The Hall–Kier alpha value is -2.76. The fourth-order valence-electron chi connectivity index (χ4n) is 2.20. The van der Waals surface area contributed by atoms with Crippen molar-refractivity contribution >= 4 is 17.5 Å². The summed E-state index contributed by atoms with van der Waals surface area (Å²) in [5.74, 6) is -3.64. The number of nitrogens with one attached hydrogen (secondary N) is 2. The number of para-hydroxylation sites is 1. The quantitative estimate of drug-likeness (QED) is 0.882. The van der Waals surface area contributed by atoms with Crippen LogP contribution in [-0.4, -0.2) is 17.9 Å². The van der Waals surface area contributed by atoms with Gasteiger partial charge in [-0.15, -0.1) is 0 Å². The van der Waals surface area contributed by atoms with Crippen molar-refractivity contribution in [3.63, 3.8) is 0 Å². The van der Waals surface area contributed by atoms with Crippen LogP contribution in [0.1, 0.15) is 24.2 Å². The lowest BCUT2D eigenvalue weighted by Gasteiger charge is -2.22. The number of hydrogen-bond donors (Lipinski definition) is 2. The van der Waals surface area contributed by atoms with Gasteiger partial charge in [0.2, 0.25) is 5.91 Å². The van der Waals surface area contributed by atoms with Crippen molar-refractivity contribution in [2.75, 3.05) is 5.32 Å². The molecule has 2 amide bonds. The molecule has 0 fully saturated rings. The van der Waals surface area contributed by atoms with Crippen molar-refractivity contribution < 1.29 is 18.4 Å². The highest BCUT2D eigenvalue weighted by Crippen LogP contribution is 2.14. The van der Waals surface area contributed by atoms with E-state index in [4.69, 9.17) is 0 Å². The average Bonchev–Trinajstić information content (AvgIpc) is 2.53. The first-order valence-electron chi connectivity index (χ1n) is 7.51. The number of rotatable bonds is 5. The van der Waals surface area contributed by atoms with Gasteiger partial charge in [-0.05, 0) is 30.2 Å². The second-order valence-corrected chi connectivity index (χ2v) is 5.65. The van der Waals surface area contributed by atoms with Gasteiger partial charge in [0.05, 0.1) is 0 Å². The minimum atomic E-state index is -0.974. The third-order valence-corrected chi connectivity index (χ3v) is 3.47. The van der Waals surface area contributed by atoms with Crippen molar-refractivity contribution in [1.82, 2.24) is 5.32 Å². The largest absolute Gasteiger partial charge is 0.340 e. The van der Waals surface area contributed by atoms with E-state index >= 15 is 0 Å². The summed E-state index contributed by atoms with van der Waals surface area (Å²) in [6, 6.07) is 10.9. The van der Waals surface area contributed by atoms with E-state index < -0.39 is 35.1 Å². The molecule has 0 saturated carbocycles. The molecular weight excluding hydrogens is 314 g/mol. The zero-order valence-corrected chi connectivity index (χ0v) is 13.3. The molecular formula is C18H18F2N2O2. The summed E-state index contributed by atoms with van der Waals surface area (Å²) in [7, 11) is 0. The Bertz CT molecular complexity index is 713. The molecule has 0 radical (unpaired) electrons. The minimum Gasteiger partial charge on any atom is -0.340 e. The molecule has 0 heterocycles. The molecule has 0 unspecified atom stereocenters. The monoisotopic (exact) mass is 332 g/mol. The summed E-state index contributed by atoms with van der Waals surface area (Å²) < 4.78 is 27.4. The van der Waals surface area contributed by atoms with E-state index in [0.717, 1.165) is 12.1 Å². The Labute approximate surface area is 138 Å². The predicted molar refractivity (Wildman–Crippen MR) is 87.5 cm³/mol. The molecule has 1 atom stereocenters. The highest BCUT2D eigenvalue weighted by Gasteiger charge is 2.27. The molecule has 0 aromatic heterocycles. The summed E-state index contributed by atoms with van der Waals surface area (Å²) in [6.07, 6.45) is 0. The standard InChI is InChI=1S/C18H18F2N2O2/c1-11(2)16(18(24)21-12-7-4-3-5-8-12)22-17(23)15-13(19)9-6-10-14(15)20/h3-11,16H,1-2H3,(H,21,24)(H,22,23)/t16-/m1/s1. The molecule has 0 aliphatic carbocycles. The number of carbonyl (C=O) groups excluding carboxylic acids is 2. The van der Waals surface area contributed by atoms with Crippen LogP contribution in [0, 0.1) is 17.6 Å². The van der Waals surface area contributed by atoms with Crippen molar-refractivity contribution in [2.24, 2.45) is 5.92 Å². The first-order valence-corrected chi connectivity index (χ1v) is 7.51. The highest BCUT2D eigenvalue weighted by molar-refractivity contribution is 6.01. The Balaban J connectivity index is 2.16. The normalized spacial score (nSPS) is 11.9. The van der Waals surface area contributed by atoms with E-state index in [0.29, 0.717) is 5.69 Å². The average molecular weight is 332 g/mol. The smallest absolute Gasteiger partial charge is 0.257 e. The van der Waals surface area contributed by atoms with Gasteiger partial charge in [-0.1, -0.05) is 38.1 Å². The van der Waals surface area contributed by atoms with Gasteiger partial charge in [-0.3, -0.25) is 9.59 Å². The van der Waals surface area contributed by atoms with E-state index in [1.165, 1.54) is 6.07 Å². The lowest BCUT2D eigenvalue weighted by Crippen LogP contribution is -2.47. The fraction of sp³-hybridized carbons (Fsp3) is 0.222. The Morgan fingerprint density at radius 3 is 2.04 bits per heavy atom. The molecule has 2 N–H and O–H groups in total. The molecule has 0 saturated heterocycles. The van der Waals surface area contributed by atoms with E-state index in [-0.39, 0.29) is 5.92 Å². The Kier molecular flexibility index (Phi) is 5.63. The summed E-state index contributed by atoms with van der Waals surface area (Å²) >= 11 is 0. The molecule has 0 aliphatic rings. The van der Waals surface area contributed by atoms with Crippen LogP contribution >= 0.6 is 0 Å². The first kappa shape index (κ1) is 17.6. The summed E-state index contributed by atoms with van der Waals surface area (Å²) in [6.45, 7) is 3.46. The van der Waals surface area contributed by atoms with Crippen LogP contribution in [0.4, 0.5) is 14.5 Å². The Morgan fingerprint density at radius 2 is 1.50 bits per heavy atom. The maximum Gasteiger partial charge on any atom is 0.257 e. The maximum atomic E-state index is 13.7. The van der Waals surface area contributed by atoms with Crippen LogP contribution in [0.5, 0.6) is 0 Å². The lowest BCUT2D eigenvalue weighted by molar-refractivity contribution is -0.118. The minimum absolute atomic E-state index is 0.271. The summed E-state index contributed by atoms with van der Waals surface area (Å²) in [4.78, 5) is 24.6. The van der Waals surface area contributed by atoms with Crippen LogP contribution in [0.25, 0.3) is 0 Å². The van der Waals surface area contributed by atoms with Gasteiger partial charge in [-0.2, -0.15) is 0 Å². The molecule has 2 aromatic rings. The van der Waals surface area contributed by atoms with Gasteiger partial charge in [0, 0.05) is 5.69 Å². The van der Waals surface area contributed by atoms with Gasteiger partial charge in [0.25, 0.3) is 5.91 Å². The van der Waals surface area contributed by atoms with Gasteiger partial charge in [0.15, 0.2) is 0 Å². The first-order chi connectivity index (χ1) is 11.4. The maximum absolute atomic E-state index is 13.7. The number of halogens is 2. The van der Waals surface area contributed by atoms with E-state index in [9.17, 15) is 18.4 Å². The molecule has 126 valence electrons. The van der Waals surface area contributed by atoms with Gasteiger partial charge in [0.1, 0.15) is 23.2 Å². The molecule has 24 heavy (non-hydrogen) atoms. The summed E-state index contributed by atoms with van der Waals surface area (Å²) in [5, 5.41) is 5.07. The second kappa shape index (κ2) is 7.68. The highest BCUT2D eigenvalue weighted by atomic mass is 19.1. The Morgan fingerprint density at radius 1 is 0.917 bits per heavy atom. The predicted octanol–water partition coefficient (Wildman–Crippen LogP) is 3.36. The van der Waals surface area contributed by atoms with Crippen LogP contribution in [0.15, 0.2) is 48.5 Å². The van der Waals surface area contributed by atoms with Crippen molar-refractivity contribution in [2.45, 2.75) is 19.9 Å². The number of hydrogen-bond acceptors (Lipinski definition) is 2. The van der Waals surface area contributed by atoms with Gasteiger partial charge in [-0.25, -0.2) is 8.78 Å². The zero-order valence-electron chi connectivity index (χ0n) is 13.3. The van der Waals surface area contributed by atoms with Gasteiger partial charge < -0.3 is 10.6 Å². The van der Waals surface area contributed by atoms with Crippen molar-refractivity contribution in [3.05, 3.63) is 65.7 Å². The fourth-order valence-corrected chi connectivity index (χ4v) is 2.20. The molecule has 0 bridgehead atoms. The zero-order chi connectivity index (χ0) is 17.7. The van der Waals surface area contributed by atoms with Gasteiger partial charge >= 0.3 is 0 Å². The molecule has 6 heteroatoms. The van der Waals surface area contributed by atoms with Crippen molar-refractivity contribution in [1.29, 1.82) is 0 Å². The van der Waals surface area contributed by atoms with Crippen LogP contribution in [0.2, 0.25) is 0 Å². The number of anilines is 1. The lowest BCUT2D eigenvalue weighted by atomic mass is 10.0.